The van der Waals surface area contributed by atoms with Crippen LogP contribution in [0.1, 0.15) is 11.8 Å². The molecule has 6 nitrogen and oxygen atoms in total. The fourth-order valence-electron chi connectivity index (χ4n) is 3.36. The van der Waals surface area contributed by atoms with Crippen molar-refractivity contribution >= 4 is 39.3 Å². The van der Waals surface area contributed by atoms with E-state index in [9.17, 15) is 9.90 Å². The Morgan fingerprint density at radius 1 is 1.10 bits per heavy atom. The smallest absolute Gasteiger partial charge is 0.279 e. The first-order valence-electron chi connectivity index (χ1n) is 9.36. The number of carbonyl (C=O) groups is 1. The monoisotopic (exact) mass is 432 g/mol. The standard InChI is InChI=1S/C22H16N4O2S2/c1-2-26-20(28)18(17-14-10-6-7-11-15(14)23-19(17)27)30-22(26)25-21-24-16(12-29-21)13-8-4-3-5-9-13/h3-12,28H,2H2,1H3/b25-22+. The molecule has 0 saturated heterocycles. The highest BCUT2D eigenvalue weighted by molar-refractivity contribution is 7.14. The zero-order valence-corrected chi connectivity index (χ0v) is 17.6. The summed E-state index contributed by atoms with van der Waals surface area (Å²) in [5.74, 6) is -0.320. The molecular formula is C22H16N4O2S2. The van der Waals surface area contributed by atoms with Gasteiger partial charge in [0.1, 0.15) is 4.88 Å². The van der Waals surface area contributed by atoms with Crippen LogP contribution < -0.4 is 15.4 Å². The number of aromatic hydroxyl groups is 1. The molecule has 8 heteroatoms. The lowest BCUT2D eigenvalue weighted by Crippen LogP contribution is -2.22. The van der Waals surface area contributed by atoms with Gasteiger partial charge in [0.2, 0.25) is 11.0 Å². The van der Waals surface area contributed by atoms with Crippen molar-refractivity contribution in [3.63, 3.8) is 0 Å². The Labute approximate surface area is 179 Å². The Morgan fingerprint density at radius 2 is 1.87 bits per heavy atom. The lowest BCUT2D eigenvalue weighted by atomic mass is 10.1. The van der Waals surface area contributed by atoms with Gasteiger partial charge in [0.25, 0.3) is 5.91 Å². The van der Waals surface area contributed by atoms with Gasteiger partial charge in [-0.15, -0.1) is 11.3 Å². The number of hydrogen-bond donors (Lipinski definition) is 1. The van der Waals surface area contributed by atoms with E-state index in [1.54, 1.807) is 10.6 Å². The van der Waals surface area contributed by atoms with Crippen LogP contribution >= 0.6 is 22.7 Å². The summed E-state index contributed by atoms with van der Waals surface area (Å²) in [6, 6.07) is 17.3. The van der Waals surface area contributed by atoms with Crippen LogP contribution in [-0.4, -0.2) is 20.6 Å². The molecule has 30 heavy (non-hydrogen) atoms. The van der Waals surface area contributed by atoms with Gasteiger partial charge in [0, 0.05) is 22.7 Å². The number of para-hydroxylation sites is 1. The van der Waals surface area contributed by atoms with E-state index < -0.39 is 0 Å². The Hall–Kier alpha value is -3.36. The van der Waals surface area contributed by atoms with Crippen LogP contribution in [0.3, 0.4) is 0 Å². The van der Waals surface area contributed by atoms with Crippen molar-refractivity contribution in [1.82, 2.24) is 9.55 Å². The van der Waals surface area contributed by atoms with Crippen molar-refractivity contribution in [3.05, 3.63) is 80.2 Å². The third-order valence-corrected chi connectivity index (χ3v) is 6.61. The fraction of sp³-hybridized carbons (Fsp3) is 0.0909. The van der Waals surface area contributed by atoms with Crippen molar-refractivity contribution in [1.29, 1.82) is 0 Å². The molecule has 148 valence electrons. The molecule has 5 rings (SSSR count). The van der Waals surface area contributed by atoms with Crippen LogP contribution in [0.25, 0.3) is 16.8 Å². The minimum absolute atomic E-state index is 0.0244. The van der Waals surface area contributed by atoms with E-state index >= 15 is 0 Å². The third kappa shape index (κ3) is 3.10. The predicted molar refractivity (Wildman–Crippen MR) is 117 cm³/mol. The van der Waals surface area contributed by atoms with E-state index in [1.165, 1.54) is 22.7 Å². The van der Waals surface area contributed by atoms with Crippen molar-refractivity contribution in [2.24, 2.45) is 9.98 Å². The number of carbonyl (C=O) groups excluding carboxylic acids is 1. The number of rotatable bonds is 4. The second kappa shape index (κ2) is 7.47. The number of thiazole rings is 2. The van der Waals surface area contributed by atoms with Gasteiger partial charge < -0.3 is 5.11 Å². The summed E-state index contributed by atoms with van der Waals surface area (Å²) in [7, 11) is 0. The summed E-state index contributed by atoms with van der Waals surface area (Å²) in [5, 5.41) is 14.8. The molecule has 0 unspecified atom stereocenters. The van der Waals surface area contributed by atoms with E-state index in [-0.39, 0.29) is 11.8 Å². The van der Waals surface area contributed by atoms with Crippen molar-refractivity contribution < 1.29 is 9.90 Å². The van der Waals surface area contributed by atoms with Gasteiger partial charge in [-0.25, -0.2) is 9.98 Å². The third-order valence-electron chi connectivity index (χ3n) is 4.79. The van der Waals surface area contributed by atoms with Crippen LogP contribution in [0, 0.1) is 0 Å². The number of aromatic nitrogens is 2. The van der Waals surface area contributed by atoms with Crippen LogP contribution in [-0.2, 0) is 11.3 Å². The van der Waals surface area contributed by atoms with E-state index in [1.807, 2.05) is 60.8 Å². The highest BCUT2D eigenvalue weighted by atomic mass is 32.1. The first-order chi connectivity index (χ1) is 14.7. The molecule has 2 aromatic carbocycles. The Morgan fingerprint density at radius 3 is 2.67 bits per heavy atom. The summed E-state index contributed by atoms with van der Waals surface area (Å²) < 4.78 is 1.69. The molecular weight excluding hydrogens is 416 g/mol. The lowest BCUT2D eigenvalue weighted by Gasteiger charge is -2.01. The predicted octanol–water partition coefficient (Wildman–Crippen LogP) is 2.99. The summed E-state index contributed by atoms with van der Waals surface area (Å²) >= 11 is 2.71. The zero-order chi connectivity index (χ0) is 20.7. The topological polar surface area (TPSA) is 79.8 Å². The molecule has 0 bridgehead atoms. The molecule has 1 amide bonds. The van der Waals surface area contributed by atoms with Gasteiger partial charge in [-0.2, -0.15) is 4.99 Å². The van der Waals surface area contributed by atoms with E-state index in [2.05, 4.69) is 15.0 Å². The fourth-order valence-corrected chi connectivity index (χ4v) is 5.25. The average Bonchev–Trinajstić information content (AvgIpc) is 3.44. The molecule has 0 saturated carbocycles. The second-order valence-corrected chi connectivity index (χ2v) is 8.40. The molecule has 0 atom stereocenters. The van der Waals surface area contributed by atoms with Crippen LogP contribution in [0.15, 0.2) is 70.0 Å². The molecule has 2 aromatic heterocycles. The SMILES string of the molecule is CCn1c(O)c(C2=c3ccccc3=NC2=O)s/c1=N/c1nc(-c2ccccc2)cs1. The molecule has 0 aliphatic carbocycles. The van der Waals surface area contributed by atoms with Crippen LogP contribution in [0.2, 0.25) is 0 Å². The maximum atomic E-state index is 12.6. The minimum Gasteiger partial charge on any atom is -0.493 e. The number of amides is 1. The van der Waals surface area contributed by atoms with Gasteiger partial charge >= 0.3 is 0 Å². The molecule has 4 aromatic rings. The summed E-state index contributed by atoms with van der Waals surface area (Å²) in [6.45, 7) is 2.43. The number of hydrogen-bond acceptors (Lipinski definition) is 6. The number of fused-ring (bicyclic) bond motifs is 1. The highest BCUT2D eigenvalue weighted by Crippen LogP contribution is 2.30. The molecule has 1 aliphatic rings. The minimum atomic E-state index is -0.344. The van der Waals surface area contributed by atoms with Gasteiger partial charge in [0.15, 0.2) is 4.80 Å². The van der Waals surface area contributed by atoms with Gasteiger partial charge in [-0.1, -0.05) is 59.9 Å². The first kappa shape index (κ1) is 18.7. The van der Waals surface area contributed by atoms with Crippen molar-refractivity contribution in [2.45, 2.75) is 13.5 Å². The highest BCUT2D eigenvalue weighted by Gasteiger charge is 2.25. The Kier molecular flexibility index (Phi) is 4.65. The number of nitrogens with zero attached hydrogens (tertiary/aromatic N) is 4. The Balaban J connectivity index is 1.65. The Bertz CT molecular complexity index is 1460. The van der Waals surface area contributed by atoms with Gasteiger partial charge in [0.05, 0.1) is 16.6 Å². The summed E-state index contributed by atoms with van der Waals surface area (Å²) in [6.07, 6.45) is 0. The summed E-state index contributed by atoms with van der Waals surface area (Å²) in [5.41, 5.74) is 2.30. The molecule has 0 radical (unpaired) electrons. The van der Waals surface area contributed by atoms with Gasteiger partial charge in [-0.3, -0.25) is 9.36 Å². The van der Waals surface area contributed by atoms with E-state index in [0.717, 1.165) is 16.5 Å². The van der Waals surface area contributed by atoms with Crippen LogP contribution in [0.5, 0.6) is 5.88 Å². The van der Waals surface area contributed by atoms with Gasteiger partial charge in [-0.05, 0) is 13.0 Å². The van der Waals surface area contributed by atoms with Crippen molar-refractivity contribution in [2.75, 3.05) is 0 Å². The molecule has 1 N–H and O–H groups in total. The normalized spacial score (nSPS) is 13.6. The maximum Gasteiger partial charge on any atom is 0.279 e. The lowest BCUT2D eigenvalue weighted by molar-refractivity contribution is -0.112. The molecule has 0 fully saturated rings. The van der Waals surface area contributed by atoms with Crippen LogP contribution in [0.4, 0.5) is 5.13 Å². The average molecular weight is 433 g/mol. The largest absolute Gasteiger partial charge is 0.493 e. The van der Waals surface area contributed by atoms with E-state index in [0.29, 0.717) is 32.3 Å². The molecule has 0 spiro atoms. The zero-order valence-electron chi connectivity index (χ0n) is 15.9. The second-order valence-electron chi connectivity index (χ2n) is 6.58. The molecule has 3 heterocycles. The molecule has 1 aliphatic heterocycles. The van der Waals surface area contributed by atoms with E-state index in [4.69, 9.17) is 0 Å². The summed E-state index contributed by atoms with van der Waals surface area (Å²) in [4.78, 5) is 27.0. The maximum absolute atomic E-state index is 12.6. The van der Waals surface area contributed by atoms with Crippen molar-refractivity contribution in [3.8, 4) is 17.1 Å². The first-order valence-corrected chi connectivity index (χ1v) is 11.1. The quantitative estimate of drug-likeness (QED) is 0.538. The number of benzene rings is 2.